The summed E-state index contributed by atoms with van der Waals surface area (Å²) in [6.45, 7) is 6.84. The second-order valence-corrected chi connectivity index (χ2v) is 4.30. The van der Waals surface area contributed by atoms with Crippen LogP contribution >= 0.6 is 0 Å². The van der Waals surface area contributed by atoms with Gasteiger partial charge < -0.3 is 5.32 Å². The summed E-state index contributed by atoms with van der Waals surface area (Å²) in [6.07, 6.45) is 5.40. The molecule has 0 aliphatic rings. The van der Waals surface area contributed by atoms with Crippen LogP contribution in [0.15, 0.2) is 24.5 Å². The fourth-order valence-corrected chi connectivity index (χ4v) is 1.77. The molecule has 0 fully saturated rings. The third-order valence-electron chi connectivity index (χ3n) is 2.70. The topological polar surface area (TPSA) is 52.0 Å². The Labute approximate surface area is 110 Å². The summed E-state index contributed by atoms with van der Waals surface area (Å²) in [6, 6.07) is 6.23. The molecule has 18 heavy (non-hydrogen) atoms. The van der Waals surface area contributed by atoms with E-state index in [-0.39, 0.29) is 0 Å². The molecule has 0 atom stereocenters. The number of rotatable bonds is 9. The summed E-state index contributed by atoms with van der Waals surface area (Å²) in [5.74, 6) is 0. The van der Waals surface area contributed by atoms with Gasteiger partial charge in [-0.05, 0) is 24.6 Å². The van der Waals surface area contributed by atoms with Gasteiger partial charge >= 0.3 is 0 Å². The predicted molar refractivity (Wildman–Crippen MR) is 72.9 cm³/mol. The Kier molecular flexibility index (Phi) is 7.78. The summed E-state index contributed by atoms with van der Waals surface area (Å²) in [7, 11) is 0. The van der Waals surface area contributed by atoms with E-state index in [1.54, 1.807) is 6.20 Å². The molecule has 1 aromatic rings. The van der Waals surface area contributed by atoms with E-state index in [0.29, 0.717) is 6.42 Å². The molecule has 1 rings (SSSR count). The smallest absolute Gasteiger partial charge is 0.0635 e. The minimum Gasteiger partial charge on any atom is -0.315 e. The van der Waals surface area contributed by atoms with Crippen LogP contribution in [0.1, 0.15) is 25.3 Å². The van der Waals surface area contributed by atoms with E-state index in [1.807, 2.05) is 12.3 Å². The van der Waals surface area contributed by atoms with E-state index in [9.17, 15) is 0 Å². The largest absolute Gasteiger partial charge is 0.315 e. The van der Waals surface area contributed by atoms with Crippen LogP contribution in [0.25, 0.3) is 0 Å². The summed E-state index contributed by atoms with van der Waals surface area (Å²) >= 11 is 0. The van der Waals surface area contributed by atoms with Crippen LogP contribution in [0.4, 0.5) is 0 Å². The van der Waals surface area contributed by atoms with Gasteiger partial charge in [0, 0.05) is 45.0 Å². The third-order valence-corrected chi connectivity index (χ3v) is 2.70. The molecular weight excluding hydrogens is 224 g/mol. The van der Waals surface area contributed by atoms with Gasteiger partial charge in [0.2, 0.25) is 0 Å². The molecule has 0 aliphatic heterocycles. The number of hydrogen-bond donors (Lipinski definition) is 1. The molecule has 1 N–H and O–H groups in total. The van der Waals surface area contributed by atoms with E-state index in [4.69, 9.17) is 5.26 Å². The fourth-order valence-electron chi connectivity index (χ4n) is 1.77. The van der Waals surface area contributed by atoms with Gasteiger partial charge in [0.25, 0.3) is 0 Å². The Morgan fingerprint density at radius 1 is 1.39 bits per heavy atom. The van der Waals surface area contributed by atoms with E-state index >= 15 is 0 Å². The lowest BCUT2D eigenvalue weighted by atomic mass is 10.2. The van der Waals surface area contributed by atoms with Crippen molar-refractivity contribution in [3.63, 3.8) is 0 Å². The molecule has 0 bridgehead atoms. The first-order valence-corrected chi connectivity index (χ1v) is 6.55. The molecule has 1 heterocycles. The van der Waals surface area contributed by atoms with Gasteiger partial charge in [0.1, 0.15) is 0 Å². The van der Waals surface area contributed by atoms with E-state index in [0.717, 1.165) is 39.1 Å². The molecule has 0 saturated heterocycles. The van der Waals surface area contributed by atoms with Crippen LogP contribution in [-0.4, -0.2) is 36.1 Å². The van der Waals surface area contributed by atoms with E-state index < -0.39 is 0 Å². The minimum absolute atomic E-state index is 0.577. The summed E-state index contributed by atoms with van der Waals surface area (Å²) in [4.78, 5) is 6.41. The van der Waals surface area contributed by atoms with Crippen molar-refractivity contribution in [3.05, 3.63) is 30.1 Å². The van der Waals surface area contributed by atoms with Gasteiger partial charge in [0.15, 0.2) is 0 Å². The van der Waals surface area contributed by atoms with Crippen molar-refractivity contribution in [3.8, 4) is 6.07 Å². The summed E-state index contributed by atoms with van der Waals surface area (Å²) in [5.41, 5.74) is 1.20. The average Bonchev–Trinajstić information content (AvgIpc) is 2.41. The zero-order chi connectivity index (χ0) is 13.1. The van der Waals surface area contributed by atoms with E-state index in [2.05, 4.69) is 34.3 Å². The Bertz CT molecular complexity index is 345. The standard InChI is InChI=1S/C14H22N4/c1-2-7-16-9-11-18(10-4-6-15)13-14-5-3-8-17-12-14/h3,5,8,12,16H,2,4,7,9-11,13H2,1H3. The maximum absolute atomic E-state index is 8.69. The molecule has 0 radical (unpaired) electrons. The molecule has 4 nitrogen and oxygen atoms in total. The molecule has 0 saturated carbocycles. The highest BCUT2D eigenvalue weighted by molar-refractivity contribution is 5.08. The highest BCUT2D eigenvalue weighted by atomic mass is 15.1. The number of nitrogens with one attached hydrogen (secondary N) is 1. The Morgan fingerprint density at radius 3 is 2.94 bits per heavy atom. The molecule has 0 aromatic carbocycles. The van der Waals surface area contributed by atoms with Crippen molar-refractivity contribution in [2.75, 3.05) is 26.2 Å². The number of aromatic nitrogens is 1. The fraction of sp³-hybridized carbons (Fsp3) is 0.571. The van der Waals surface area contributed by atoms with Gasteiger partial charge in [-0.2, -0.15) is 5.26 Å². The molecule has 0 spiro atoms. The number of hydrogen-bond acceptors (Lipinski definition) is 4. The molecule has 0 amide bonds. The first-order chi connectivity index (χ1) is 8.86. The Hall–Kier alpha value is -1.44. The third kappa shape index (κ3) is 6.33. The number of nitriles is 1. The maximum Gasteiger partial charge on any atom is 0.0635 e. The quantitative estimate of drug-likeness (QED) is 0.675. The molecule has 98 valence electrons. The second kappa shape index (κ2) is 9.58. The molecule has 0 aliphatic carbocycles. The predicted octanol–water partition coefficient (Wildman–Crippen LogP) is 1.80. The highest BCUT2D eigenvalue weighted by Gasteiger charge is 2.05. The first-order valence-electron chi connectivity index (χ1n) is 6.55. The van der Waals surface area contributed by atoms with Crippen molar-refractivity contribution in [1.29, 1.82) is 5.26 Å². The number of pyridine rings is 1. The summed E-state index contributed by atoms with van der Waals surface area (Å²) in [5, 5.41) is 12.1. The SMILES string of the molecule is CCCNCCN(CCC#N)Cc1cccnc1. The average molecular weight is 246 g/mol. The summed E-state index contributed by atoms with van der Waals surface area (Å²) < 4.78 is 0. The van der Waals surface area contributed by atoms with Crippen LogP contribution in [0.3, 0.4) is 0 Å². The number of nitrogens with zero attached hydrogens (tertiary/aromatic N) is 3. The zero-order valence-electron chi connectivity index (χ0n) is 11.1. The molecular formula is C14H22N4. The van der Waals surface area contributed by atoms with Crippen molar-refractivity contribution >= 4 is 0 Å². The Morgan fingerprint density at radius 2 is 2.28 bits per heavy atom. The van der Waals surface area contributed by atoms with Crippen LogP contribution < -0.4 is 5.32 Å². The van der Waals surface area contributed by atoms with Crippen LogP contribution in [-0.2, 0) is 6.54 Å². The van der Waals surface area contributed by atoms with Gasteiger partial charge in [-0.15, -0.1) is 0 Å². The van der Waals surface area contributed by atoms with Crippen molar-refractivity contribution in [2.24, 2.45) is 0 Å². The molecule has 1 aromatic heterocycles. The molecule has 4 heteroatoms. The van der Waals surface area contributed by atoms with Gasteiger partial charge in [-0.3, -0.25) is 9.88 Å². The van der Waals surface area contributed by atoms with Gasteiger partial charge in [-0.25, -0.2) is 0 Å². The lowest BCUT2D eigenvalue weighted by molar-refractivity contribution is 0.271. The highest BCUT2D eigenvalue weighted by Crippen LogP contribution is 2.02. The Balaban J connectivity index is 2.37. The minimum atomic E-state index is 0.577. The van der Waals surface area contributed by atoms with Crippen LogP contribution in [0.5, 0.6) is 0 Å². The van der Waals surface area contributed by atoms with Crippen molar-refractivity contribution < 1.29 is 0 Å². The van der Waals surface area contributed by atoms with Crippen LogP contribution in [0.2, 0.25) is 0 Å². The van der Waals surface area contributed by atoms with E-state index in [1.165, 1.54) is 5.56 Å². The van der Waals surface area contributed by atoms with Crippen LogP contribution in [0, 0.1) is 11.3 Å². The zero-order valence-corrected chi connectivity index (χ0v) is 11.1. The maximum atomic E-state index is 8.69. The van der Waals surface area contributed by atoms with Gasteiger partial charge in [0.05, 0.1) is 6.07 Å². The lowest BCUT2D eigenvalue weighted by Crippen LogP contribution is -2.32. The monoisotopic (exact) mass is 246 g/mol. The second-order valence-electron chi connectivity index (χ2n) is 4.30. The van der Waals surface area contributed by atoms with Crippen molar-refractivity contribution in [2.45, 2.75) is 26.3 Å². The first kappa shape index (κ1) is 14.6. The van der Waals surface area contributed by atoms with Crippen molar-refractivity contribution in [1.82, 2.24) is 15.2 Å². The van der Waals surface area contributed by atoms with Gasteiger partial charge in [-0.1, -0.05) is 13.0 Å². The molecule has 0 unspecified atom stereocenters. The lowest BCUT2D eigenvalue weighted by Gasteiger charge is -2.21. The normalized spacial score (nSPS) is 10.5.